The van der Waals surface area contributed by atoms with Gasteiger partial charge >= 0.3 is 47.5 Å². The quantitative estimate of drug-likeness (QED) is 0.380. The third kappa shape index (κ3) is 5.43. The van der Waals surface area contributed by atoms with Gasteiger partial charge < -0.3 is 16.7 Å². The van der Waals surface area contributed by atoms with E-state index >= 15 is 0 Å². The van der Waals surface area contributed by atoms with E-state index in [1.54, 1.807) is 36.4 Å². The normalized spacial score (nSPS) is 10.2. The Morgan fingerprint density at radius 2 is 0.618 bits per heavy atom. The van der Waals surface area contributed by atoms with Gasteiger partial charge in [-0.25, -0.2) is 14.4 Å². The second kappa shape index (κ2) is 10.5. The molecule has 0 atom stereocenters. The third-order valence-electron chi connectivity index (χ3n) is 5.33. The van der Waals surface area contributed by atoms with Crippen LogP contribution >= 0.6 is 0 Å². The number of aromatic carboxylic acids is 3. The summed E-state index contributed by atoms with van der Waals surface area (Å²) >= 11 is 0. The molecule has 0 saturated carbocycles. The second-order valence-electron chi connectivity index (χ2n) is 7.45. The van der Waals surface area contributed by atoms with Crippen molar-refractivity contribution in [3.05, 3.63) is 108 Å². The Balaban J connectivity index is 0.00000216. The zero-order chi connectivity index (χ0) is 23.5. The molecule has 7 heteroatoms. The first kappa shape index (κ1) is 24.9. The van der Waals surface area contributed by atoms with Crippen LogP contribution in [0.1, 0.15) is 32.5 Å². The van der Waals surface area contributed by atoms with Crippen molar-refractivity contribution < 1.29 is 60.7 Å². The van der Waals surface area contributed by atoms with Crippen LogP contribution < -0.4 is 29.6 Å². The summed E-state index contributed by atoms with van der Waals surface area (Å²) in [7, 11) is 0. The topological polar surface area (TPSA) is 112 Å². The predicted octanol–water partition coefficient (Wildman–Crippen LogP) is 2.90. The second-order valence-corrected chi connectivity index (χ2v) is 7.45. The van der Waals surface area contributed by atoms with E-state index in [1.807, 2.05) is 18.2 Å². The van der Waals surface area contributed by atoms with Crippen LogP contribution in [0, 0.1) is 0 Å². The van der Waals surface area contributed by atoms with Crippen LogP contribution in [-0.2, 0) is 0 Å². The Labute approximate surface area is 218 Å². The van der Waals surface area contributed by atoms with Crippen molar-refractivity contribution in [2.45, 2.75) is 0 Å². The predicted molar refractivity (Wildman–Crippen MR) is 125 cm³/mol. The first-order valence-corrected chi connectivity index (χ1v) is 9.98. The summed E-state index contributed by atoms with van der Waals surface area (Å²) in [5.41, 5.74) is 5.50. The van der Waals surface area contributed by atoms with E-state index < -0.39 is 17.9 Å². The molecule has 0 unspecified atom stereocenters. The van der Waals surface area contributed by atoms with E-state index in [0.717, 1.165) is 33.4 Å². The molecule has 0 aromatic heterocycles. The van der Waals surface area contributed by atoms with Crippen molar-refractivity contribution in [3.8, 4) is 33.4 Å². The van der Waals surface area contributed by atoms with Gasteiger partial charge in [-0.3, -0.25) is 0 Å². The van der Waals surface area contributed by atoms with Gasteiger partial charge in [-0.2, -0.15) is 0 Å². The molecule has 34 heavy (non-hydrogen) atoms. The van der Waals surface area contributed by atoms with E-state index in [-0.39, 0.29) is 47.7 Å². The zero-order valence-electron chi connectivity index (χ0n) is 19.2. The molecule has 4 aromatic carbocycles. The summed E-state index contributed by atoms with van der Waals surface area (Å²) in [5, 5.41) is 27.5. The molecule has 164 valence electrons. The van der Waals surface area contributed by atoms with Gasteiger partial charge in [0.1, 0.15) is 0 Å². The molecule has 0 aliphatic carbocycles. The number of rotatable bonds is 6. The molecule has 0 aliphatic heterocycles. The van der Waals surface area contributed by atoms with Gasteiger partial charge in [0.2, 0.25) is 0 Å². The fourth-order valence-electron chi connectivity index (χ4n) is 3.54. The van der Waals surface area contributed by atoms with Gasteiger partial charge in [-0.15, -0.1) is 0 Å². The molecule has 4 aromatic rings. The number of carboxylic acids is 3. The molecule has 0 bridgehead atoms. The van der Waals surface area contributed by atoms with Crippen LogP contribution in [0.2, 0.25) is 0 Å². The minimum absolute atomic E-state index is 0. The van der Waals surface area contributed by atoms with Crippen molar-refractivity contribution in [2.75, 3.05) is 0 Å². The van der Waals surface area contributed by atoms with Gasteiger partial charge in [0, 0.05) is 0 Å². The molecule has 6 nitrogen and oxygen atoms in total. The number of hydrogen-bond acceptors (Lipinski definition) is 3. The number of benzene rings is 4. The molecule has 0 saturated heterocycles. The van der Waals surface area contributed by atoms with E-state index in [4.69, 9.17) is 0 Å². The molecule has 0 radical (unpaired) electrons. The fourth-order valence-corrected chi connectivity index (χ4v) is 3.54. The van der Waals surface area contributed by atoms with Crippen molar-refractivity contribution in [1.82, 2.24) is 0 Å². The Bertz CT molecular complexity index is 1180. The van der Waals surface area contributed by atoms with Crippen LogP contribution in [0.15, 0.2) is 91.0 Å². The van der Waals surface area contributed by atoms with Gasteiger partial charge in [0.25, 0.3) is 0 Å². The summed E-state index contributed by atoms with van der Waals surface area (Å²) in [6, 6.07) is 25.4. The standard InChI is InChI=1S/C27H18O6.Na.H/c28-25(29)19-7-1-16(2-8-19)22-13-23(17-3-9-20(10-4-17)26(30)31)15-24(14-22)18-5-11-21(12-6-18)27(32)33;;/h1-15H,(H,28,29)(H,30,31)(H,32,33);;/q;+1;-1. The fraction of sp³-hybridized carbons (Fsp3) is 0. The maximum absolute atomic E-state index is 11.2. The summed E-state index contributed by atoms with van der Waals surface area (Å²) in [5.74, 6) is -3.02. The molecule has 0 aliphatic rings. The van der Waals surface area contributed by atoms with Crippen molar-refractivity contribution in [3.63, 3.8) is 0 Å². The summed E-state index contributed by atoms with van der Waals surface area (Å²) in [6.07, 6.45) is 0. The minimum atomic E-state index is -1.01. The maximum Gasteiger partial charge on any atom is 1.00 e. The molecule has 3 N–H and O–H groups in total. The number of carbonyl (C=O) groups is 3. The average molecular weight is 462 g/mol. The zero-order valence-corrected chi connectivity index (χ0v) is 20.2. The van der Waals surface area contributed by atoms with Crippen LogP contribution in [-0.4, -0.2) is 33.2 Å². The van der Waals surface area contributed by atoms with E-state index in [0.29, 0.717) is 0 Å². The first-order chi connectivity index (χ1) is 15.8. The molecular formula is C27H19NaO6. The van der Waals surface area contributed by atoms with E-state index in [2.05, 4.69) is 0 Å². The monoisotopic (exact) mass is 462 g/mol. The first-order valence-electron chi connectivity index (χ1n) is 9.98. The molecule has 0 spiro atoms. The van der Waals surface area contributed by atoms with Crippen molar-refractivity contribution >= 4 is 17.9 Å². The van der Waals surface area contributed by atoms with Gasteiger partial charge in [0.15, 0.2) is 0 Å². The van der Waals surface area contributed by atoms with Crippen LogP contribution in [0.25, 0.3) is 33.4 Å². The van der Waals surface area contributed by atoms with Crippen LogP contribution in [0.5, 0.6) is 0 Å². The summed E-state index contributed by atoms with van der Waals surface area (Å²) < 4.78 is 0. The maximum atomic E-state index is 11.2. The third-order valence-corrected chi connectivity index (χ3v) is 5.33. The summed E-state index contributed by atoms with van der Waals surface area (Å²) in [4.78, 5) is 33.6. The SMILES string of the molecule is O=C(O)c1ccc(-c2cc(-c3ccc(C(=O)O)cc3)cc(-c3ccc(C(=O)O)cc3)c2)cc1.[H-].[Na+]. The van der Waals surface area contributed by atoms with Crippen LogP contribution in [0.3, 0.4) is 0 Å². The van der Waals surface area contributed by atoms with E-state index in [9.17, 15) is 29.7 Å². The van der Waals surface area contributed by atoms with E-state index in [1.165, 1.54) is 36.4 Å². The Kier molecular flexibility index (Phi) is 7.68. The van der Waals surface area contributed by atoms with Gasteiger partial charge in [0.05, 0.1) is 16.7 Å². The number of carboxylic acid groups (broad SMARTS) is 3. The summed E-state index contributed by atoms with van der Waals surface area (Å²) in [6.45, 7) is 0. The largest absolute Gasteiger partial charge is 1.00 e. The van der Waals surface area contributed by atoms with Crippen molar-refractivity contribution in [2.24, 2.45) is 0 Å². The number of hydrogen-bond donors (Lipinski definition) is 3. The molecule has 0 heterocycles. The van der Waals surface area contributed by atoms with Gasteiger partial charge in [-0.05, 0) is 88.0 Å². The van der Waals surface area contributed by atoms with Crippen LogP contribution in [0.4, 0.5) is 0 Å². The van der Waals surface area contributed by atoms with Gasteiger partial charge in [-0.1, -0.05) is 36.4 Å². The van der Waals surface area contributed by atoms with Crippen molar-refractivity contribution in [1.29, 1.82) is 0 Å². The smallest absolute Gasteiger partial charge is 1.00 e. The molecule has 0 fully saturated rings. The molecule has 0 amide bonds. The Morgan fingerprint density at radius 1 is 0.412 bits per heavy atom. The minimum Gasteiger partial charge on any atom is -1.00 e. The molecule has 4 rings (SSSR count). The Hall–Kier alpha value is -3.71. The molecular weight excluding hydrogens is 443 g/mol. The average Bonchev–Trinajstić information content (AvgIpc) is 2.84. The Morgan fingerprint density at radius 3 is 0.794 bits per heavy atom.